The van der Waals surface area contributed by atoms with Crippen LogP contribution in [0.3, 0.4) is 0 Å². The van der Waals surface area contributed by atoms with Crippen LogP contribution in [0.1, 0.15) is 176 Å². The first-order valence-corrected chi connectivity index (χ1v) is 33.5. The average Bonchev–Trinajstić information content (AvgIpc) is 0.804. The number of nitrogens with zero attached hydrogens (tertiary/aromatic N) is 7. The lowest BCUT2D eigenvalue weighted by atomic mass is 9.91. The van der Waals surface area contributed by atoms with Crippen LogP contribution in [0.5, 0.6) is 0 Å². The molecule has 1 aliphatic rings. The van der Waals surface area contributed by atoms with Crippen LogP contribution in [0, 0.1) is 41.4 Å². The molecule has 1 saturated heterocycles. The molecular weight excluding hydrogens is 1210 g/mol. The van der Waals surface area contributed by atoms with Gasteiger partial charge in [0, 0.05) is 62.7 Å². The third kappa shape index (κ3) is 25.2. The number of ether oxygens (including phenoxy) is 2. The SMILES string of the molecule is CCOC(=O)CC/C=C/C[C@@H](C)[C@@H](OC(C)=O)[C@H]1C(=O)N[C@@H](CC)C(=O)N(C)CC(=O)N(C)[C@@H](CC(C)C)C(=O)N[C@H](C(C)C)C(=O)N(C)[C@H](CC(C)C)C(=O)N[C@H](C)C(=O)N[C@@H](C)C(=O)N(C)[C@@H](CC(C)C)C(=O)N(C)[C@@H](CC(C)C)C(=O)N(C)[C@@H](C(C)C)C(=O)N1C. The minimum Gasteiger partial charge on any atom is -0.466 e. The Hall–Kier alpha value is -7.15. The Morgan fingerprint density at radius 2 is 0.936 bits per heavy atom. The molecule has 0 aromatic heterocycles. The van der Waals surface area contributed by atoms with Crippen LogP contribution in [0.15, 0.2) is 12.2 Å². The Kier molecular flexibility index (Phi) is 35.8. The molecule has 0 aromatic carbocycles. The minimum absolute atomic E-state index is 0.0399. The Labute approximate surface area is 560 Å². The largest absolute Gasteiger partial charge is 0.466 e. The second-order valence-corrected chi connectivity index (χ2v) is 27.9. The normalized spacial score (nSPS) is 25.3. The van der Waals surface area contributed by atoms with E-state index in [0.29, 0.717) is 6.42 Å². The minimum atomic E-state index is -1.69. The zero-order valence-corrected chi connectivity index (χ0v) is 61.4. The molecule has 94 heavy (non-hydrogen) atoms. The fourth-order valence-corrected chi connectivity index (χ4v) is 11.5. The van der Waals surface area contributed by atoms with Crippen molar-refractivity contribution in [3.63, 3.8) is 0 Å². The number of hydrogen-bond donors (Lipinski definition) is 4. The first-order chi connectivity index (χ1) is 43.5. The number of allylic oxidation sites excluding steroid dienone is 2. The molecule has 0 unspecified atom stereocenters. The summed E-state index contributed by atoms with van der Waals surface area (Å²) in [5, 5.41) is 11.0. The molecule has 12 atom stereocenters. The zero-order chi connectivity index (χ0) is 72.7. The highest BCUT2D eigenvalue weighted by Crippen LogP contribution is 2.27. The van der Waals surface area contributed by atoms with E-state index in [9.17, 15) is 43.2 Å². The van der Waals surface area contributed by atoms with Gasteiger partial charge in [0.1, 0.15) is 66.5 Å². The molecule has 26 heteroatoms. The van der Waals surface area contributed by atoms with E-state index in [0.717, 1.165) is 16.7 Å². The van der Waals surface area contributed by atoms with Crippen molar-refractivity contribution in [1.29, 1.82) is 0 Å². The zero-order valence-electron chi connectivity index (χ0n) is 61.4. The average molecular weight is 1330 g/mol. The van der Waals surface area contributed by atoms with Crippen molar-refractivity contribution >= 4 is 76.9 Å². The van der Waals surface area contributed by atoms with Gasteiger partial charge in [-0.3, -0.25) is 62.3 Å². The molecule has 1 heterocycles. The van der Waals surface area contributed by atoms with Crippen molar-refractivity contribution < 1.29 is 71.8 Å². The summed E-state index contributed by atoms with van der Waals surface area (Å²) in [6.07, 6.45) is 3.09. The number of rotatable bonds is 20. The van der Waals surface area contributed by atoms with Gasteiger partial charge < -0.3 is 65.0 Å². The molecule has 0 radical (unpaired) electrons. The van der Waals surface area contributed by atoms with Gasteiger partial charge in [0.2, 0.25) is 65.0 Å². The monoisotopic (exact) mass is 1330 g/mol. The number of carbonyl (C=O) groups excluding carboxylic acids is 13. The van der Waals surface area contributed by atoms with Crippen LogP contribution in [0.25, 0.3) is 0 Å². The fourth-order valence-electron chi connectivity index (χ4n) is 11.5. The lowest BCUT2D eigenvalue weighted by Gasteiger charge is -2.42. The molecule has 536 valence electrons. The number of esters is 2. The maximum Gasteiger partial charge on any atom is 0.306 e. The third-order valence-corrected chi connectivity index (χ3v) is 17.1. The lowest BCUT2D eigenvalue weighted by Crippen LogP contribution is -2.64. The van der Waals surface area contributed by atoms with Crippen molar-refractivity contribution in [3.05, 3.63) is 12.2 Å². The van der Waals surface area contributed by atoms with Gasteiger partial charge in [-0.2, -0.15) is 0 Å². The van der Waals surface area contributed by atoms with Gasteiger partial charge in [-0.05, 0) is 107 Å². The summed E-state index contributed by atoms with van der Waals surface area (Å²) in [5.74, 6) is -11.6. The second-order valence-electron chi connectivity index (χ2n) is 27.9. The van der Waals surface area contributed by atoms with E-state index in [1.165, 1.54) is 87.7 Å². The number of hydrogen-bond acceptors (Lipinski definition) is 15. The van der Waals surface area contributed by atoms with Crippen LogP contribution in [0.2, 0.25) is 0 Å². The number of likely N-dealkylation sites (N-methyl/N-ethyl adjacent to an activating group) is 7. The molecule has 4 N–H and O–H groups in total. The fraction of sp³-hybridized carbons (Fsp3) is 0.779. The Morgan fingerprint density at radius 3 is 1.40 bits per heavy atom. The highest BCUT2D eigenvalue weighted by atomic mass is 16.5. The van der Waals surface area contributed by atoms with Gasteiger partial charge in [-0.15, -0.1) is 0 Å². The van der Waals surface area contributed by atoms with Gasteiger partial charge in [0.05, 0.1) is 13.2 Å². The highest BCUT2D eigenvalue weighted by molar-refractivity contribution is 5.99. The maximum absolute atomic E-state index is 15.5. The summed E-state index contributed by atoms with van der Waals surface area (Å²) >= 11 is 0. The molecule has 11 amide bonds. The molecule has 0 spiro atoms. The molecule has 0 aromatic rings. The van der Waals surface area contributed by atoms with E-state index in [-0.39, 0.29) is 75.2 Å². The summed E-state index contributed by atoms with van der Waals surface area (Å²) in [7, 11) is 9.78. The summed E-state index contributed by atoms with van der Waals surface area (Å²) < 4.78 is 11.0. The third-order valence-electron chi connectivity index (χ3n) is 17.1. The van der Waals surface area contributed by atoms with E-state index >= 15 is 19.2 Å². The van der Waals surface area contributed by atoms with Crippen molar-refractivity contribution in [2.45, 2.75) is 243 Å². The van der Waals surface area contributed by atoms with Gasteiger partial charge in [0.25, 0.3) is 0 Å². The molecule has 0 aliphatic carbocycles. The van der Waals surface area contributed by atoms with Gasteiger partial charge in [-0.25, -0.2) is 0 Å². The smallest absolute Gasteiger partial charge is 0.306 e. The molecule has 1 rings (SSSR count). The molecule has 0 bridgehead atoms. The van der Waals surface area contributed by atoms with E-state index in [1.807, 2.05) is 55.4 Å². The number of nitrogens with one attached hydrogen (secondary N) is 4. The Balaban J connectivity index is 4.48. The molecule has 1 aliphatic heterocycles. The van der Waals surface area contributed by atoms with Gasteiger partial charge in [-0.1, -0.05) is 109 Å². The molecule has 26 nitrogen and oxygen atoms in total. The Bertz CT molecular complexity index is 2630. The molecule has 0 saturated carbocycles. The summed E-state index contributed by atoms with van der Waals surface area (Å²) in [6, 6.07) is -12.8. The predicted molar refractivity (Wildman–Crippen MR) is 358 cm³/mol. The van der Waals surface area contributed by atoms with Gasteiger partial charge >= 0.3 is 11.9 Å². The summed E-state index contributed by atoms with van der Waals surface area (Å²) in [5.41, 5.74) is 0. The van der Waals surface area contributed by atoms with Crippen molar-refractivity contribution in [1.82, 2.24) is 55.6 Å². The van der Waals surface area contributed by atoms with Crippen LogP contribution < -0.4 is 21.3 Å². The van der Waals surface area contributed by atoms with Crippen molar-refractivity contribution in [2.24, 2.45) is 41.4 Å². The first-order valence-electron chi connectivity index (χ1n) is 33.5. The topological polar surface area (TPSA) is 311 Å². The molecule has 1 fully saturated rings. The highest BCUT2D eigenvalue weighted by Gasteiger charge is 2.47. The van der Waals surface area contributed by atoms with Crippen LogP contribution >= 0.6 is 0 Å². The van der Waals surface area contributed by atoms with Crippen LogP contribution in [-0.2, 0) is 71.8 Å². The van der Waals surface area contributed by atoms with E-state index in [4.69, 9.17) is 9.47 Å². The van der Waals surface area contributed by atoms with Crippen LogP contribution in [-0.4, -0.2) is 240 Å². The second kappa shape index (κ2) is 39.7. The lowest BCUT2D eigenvalue weighted by molar-refractivity contribution is -0.164. The van der Waals surface area contributed by atoms with Crippen LogP contribution in [0.4, 0.5) is 0 Å². The van der Waals surface area contributed by atoms with E-state index < -0.39 is 168 Å². The van der Waals surface area contributed by atoms with Crippen molar-refractivity contribution in [2.75, 3.05) is 62.5 Å². The number of carbonyl (C=O) groups is 13. The Morgan fingerprint density at radius 1 is 0.489 bits per heavy atom. The summed E-state index contributed by atoms with van der Waals surface area (Å²) in [4.78, 5) is 196. The summed E-state index contributed by atoms with van der Waals surface area (Å²) in [6.45, 7) is 30.3. The van der Waals surface area contributed by atoms with Crippen molar-refractivity contribution in [3.8, 4) is 0 Å². The number of amides is 11. The maximum atomic E-state index is 15.5. The molecular formula is C68H119N11O15. The predicted octanol–water partition coefficient (Wildman–Crippen LogP) is 4.16. The van der Waals surface area contributed by atoms with E-state index in [2.05, 4.69) is 21.3 Å². The first kappa shape index (κ1) is 84.9. The standard InChI is InChI=1S/C68H119N11O15/c1-26-48-64(88)73(19)37-53(81)74(20)49(33-38(3)4)61(85)72-55(42(11)12)67(91)75(21)50(34-39(5)6)60(84)69-45(16)59(83)70-46(17)63(87)76(22)51(35-40(7)8)65(89)77(23)52(36-41(9)10)66(90)78(24)56(43(13)14)68(92)79(25)57(62(86)71-48)58(94-47(18)80)44(15)31-29-28-30-32-54(82)93-27-2/h28-29,38-46,48-52,55-58H,26-27,30-37H2,1-25H3,(H,69,84)(H,70,83)(H,71,86)(H,72,85)/b29-28+/t44-,45-,46+,48+,49+,50-,51+,52+,55-,56+,57+,58-/m1/s1. The van der Waals surface area contributed by atoms with Gasteiger partial charge in [0.15, 0.2) is 0 Å². The van der Waals surface area contributed by atoms with E-state index in [1.54, 1.807) is 60.6 Å². The quantitative estimate of drug-likeness (QED) is 0.0983.